The minimum atomic E-state index is 0.958. The summed E-state index contributed by atoms with van der Waals surface area (Å²) in [6.07, 6.45) is 0. The van der Waals surface area contributed by atoms with Crippen LogP contribution in [0.3, 0.4) is 0 Å². The van der Waals surface area contributed by atoms with Crippen LogP contribution >= 0.6 is 0 Å². The SMILES string of the molecule is C=[N+]N(CC)CC. The molecule has 2 heteroatoms. The van der Waals surface area contributed by atoms with Crippen molar-refractivity contribution in [2.45, 2.75) is 13.8 Å². The Morgan fingerprint density at radius 3 is 1.86 bits per heavy atom. The van der Waals surface area contributed by atoms with Gasteiger partial charge < -0.3 is 0 Å². The van der Waals surface area contributed by atoms with Crippen molar-refractivity contribution >= 4 is 6.72 Å². The molecule has 0 aliphatic rings. The molecule has 7 heavy (non-hydrogen) atoms. The van der Waals surface area contributed by atoms with Gasteiger partial charge in [-0.1, -0.05) is 0 Å². The van der Waals surface area contributed by atoms with Gasteiger partial charge in [0.2, 0.25) is 6.72 Å². The zero-order valence-electron chi connectivity index (χ0n) is 5.02. The van der Waals surface area contributed by atoms with Crippen molar-refractivity contribution in [2.24, 2.45) is 0 Å². The molecule has 0 fully saturated rings. The summed E-state index contributed by atoms with van der Waals surface area (Å²) in [6.45, 7) is 9.40. The maximum absolute atomic E-state index is 3.71. The lowest BCUT2D eigenvalue weighted by Gasteiger charge is -1.96. The Bertz CT molecular complexity index is 48.0. The molecule has 0 N–H and O–H groups in total. The molecule has 0 aromatic carbocycles. The highest BCUT2D eigenvalue weighted by Crippen LogP contribution is 1.73. The maximum atomic E-state index is 3.71. The second kappa shape index (κ2) is 3.65. The third-order valence-corrected chi connectivity index (χ3v) is 0.930. The quantitative estimate of drug-likeness (QED) is 0.368. The fraction of sp³-hybridized carbons (Fsp3) is 0.800. The molecule has 0 aromatic rings. The first-order valence-electron chi connectivity index (χ1n) is 2.56. The molecule has 0 rings (SSSR count). The molecule has 0 aliphatic heterocycles. The van der Waals surface area contributed by atoms with Gasteiger partial charge >= 0.3 is 0 Å². The monoisotopic (exact) mass is 100 g/mol. The lowest BCUT2D eigenvalue weighted by atomic mass is 10.6. The molecule has 0 aromatic heterocycles. The van der Waals surface area contributed by atoms with Crippen molar-refractivity contribution in [2.75, 3.05) is 13.1 Å². The van der Waals surface area contributed by atoms with E-state index in [1.165, 1.54) is 0 Å². The summed E-state index contributed by atoms with van der Waals surface area (Å²) >= 11 is 0. The van der Waals surface area contributed by atoms with E-state index in [-0.39, 0.29) is 0 Å². The Labute approximate surface area is 44.8 Å². The molecular weight excluding hydrogens is 88.1 g/mol. The Balaban J connectivity index is 3.16. The van der Waals surface area contributed by atoms with Crippen LogP contribution in [0.25, 0.3) is 0 Å². The predicted octanol–water partition coefficient (Wildman–Crippen LogP) is 0.280. The fourth-order valence-electron chi connectivity index (χ4n) is 0.424. The Hall–Kier alpha value is -0.530. The van der Waals surface area contributed by atoms with Crippen LogP contribution in [-0.2, 0) is 0 Å². The van der Waals surface area contributed by atoms with Crippen molar-refractivity contribution in [1.82, 2.24) is 10.1 Å². The molecule has 0 spiro atoms. The van der Waals surface area contributed by atoms with Gasteiger partial charge in [0.1, 0.15) is 0 Å². The van der Waals surface area contributed by atoms with Crippen molar-refractivity contribution in [3.8, 4) is 0 Å². The molecule has 0 unspecified atom stereocenters. The predicted molar refractivity (Wildman–Crippen MR) is 32.2 cm³/mol. The number of rotatable bonds is 3. The minimum absolute atomic E-state index is 0.958. The van der Waals surface area contributed by atoms with E-state index in [0.717, 1.165) is 13.1 Å². The molecule has 0 saturated heterocycles. The lowest BCUT2D eigenvalue weighted by molar-refractivity contribution is 0.280. The number of nitrogens with zero attached hydrogens (tertiary/aromatic N) is 2. The van der Waals surface area contributed by atoms with E-state index >= 15 is 0 Å². The first-order valence-corrected chi connectivity index (χ1v) is 2.56. The van der Waals surface area contributed by atoms with Crippen molar-refractivity contribution in [3.05, 3.63) is 0 Å². The van der Waals surface area contributed by atoms with E-state index in [2.05, 4.69) is 25.7 Å². The zero-order valence-corrected chi connectivity index (χ0v) is 5.02. The summed E-state index contributed by atoms with van der Waals surface area (Å²) in [6, 6.07) is 0. The van der Waals surface area contributed by atoms with Crippen LogP contribution in [0.2, 0.25) is 0 Å². The van der Waals surface area contributed by atoms with E-state index in [1.807, 2.05) is 5.01 Å². The molecule has 0 saturated carbocycles. The lowest BCUT2D eigenvalue weighted by Crippen LogP contribution is -2.23. The minimum Gasteiger partial charge on any atom is -0.123 e. The summed E-state index contributed by atoms with van der Waals surface area (Å²) in [7, 11) is 0. The third-order valence-electron chi connectivity index (χ3n) is 0.930. The second-order valence-electron chi connectivity index (χ2n) is 1.28. The van der Waals surface area contributed by atoms with Crippen molar-refractivity contribution < 1.29 is 0 Å². The van der Waals surface area contributed by atoms with E-state index in [4.69, 9.17) is 0 Å². The summed E-state index contributed by atoms with van der Waals surface area (Å²) in [5.41, 5.74) is 0. The van der Waals surface area contributed by atoms with Gasteiger partial charge in [-0.05, 0) is 13.8 Å². The summed E-state index contributed by atoms with van der Waals surface area (Å²) in [5, 5.41) is 5.60. The highest BCUT2D eigenvalue weighted by Gasteiger charge is 1.97. The normalized spacial score (nSPS) is 8.29. The molecule has 0 atom stereocenters. The summed E-state index contributed by atoms with van der Waals surface area (Å²) in [5.74, 6) is 0. The van der Waals surface area contributed by atoms with E-state index in [9.17, 15) is 0 Å². The number of hydrogen-bond acceptors (Lipinski definition) is 2. The topological polar surface area (TPSA) is 17.3 Å². The van der Waals surface area contributed by atoms with Crippen LogP contribution in [0.5, 0.6) is 0 Å². The van der Waals surface area contributed by atoms with Crippen LogP contribution in [-0.4, -0.2) is 24.8 Å². The van der Waals surface area contributed by atoms with Crippen LogP contribution in [0.15, 0.2) is 0 Å². The van der Waals surface area contributed by atoms with Gasteiger partial charge in [-0.2, -0.15) is 0 Å². The third kappa shape index (κ3) is 2.20. The molecule has 41 valence electrons. The van der Waals surface area contributed by atoms with E-state index < -0.39 is 0 Å². The molecular formula is C5H12N2+. The standard InChI is InChI=1S/C5H12N2/c1-4-7(5-2)6-3/h3-5H2,1-2H3/q+1. The highest BCUT2D eigenvalue weighted by molar-refractivity contribution is 5.20. The van der Waals surface area contributed by atoms with E-state index in [0.29, 0.717) is 0 Å². The van der Waals surface area contributed by atoms with Gasteiger partial charge in [0.05, 0.1) is 13.1 Å². The zero-order chi connectivity index (χ0) is 5.70. The van der Waals surface area contributed by atoms with Gasteiger partial charge in [-0.25, -0.2) is 0 Å². The molecule has 0 heterocycles. The highest BCUT2D eigenvalue weighted by atomic mass is 15.4. The molecule has 2 nitrogen and oxygen atoms in total. The summed E-state index contributed by atoms with van der Waals surface area (Å²) in [4.78, 5) is 0. The van der Waals surface area contributed by atoms with Crippen LogP contribution < -0.4 is 5.10 Å². The van der Waals surface area contributed by atoms with Crippen molar-refractivity contribution in [3.63, 3.8) is 0 Å². The molecule has 0 bridgehead atoms. The Kier molecular flexibility index (Phi) is 3.38. The van der Waals surface area contributed by atoms with E-state index in [1.54, 1.807) is 0 Å². The largest absolute Gasteiger partial charge is 0.240 e. The first-order chi connectivity index (χ1) is 3.35. The van der Waals surface area contributed by atoms with Gasteiger partial charge in [0.15, 0.2) is 5.10 Å². The fourth-order valence-corrected chi connectivity index (χ4v) is 0.424. The molecule has 1 radical (unpaired) electrons. The van der Waals surface area contributed by atoms with Crippen molar-refractivity contribution in [1.29, 1.82) is 0 Å². The number of hydrogen-bond donors (Lipinski definition) is 0. The maximum Gasteiger partial charge on any atom is 0.240 e. The van der Waals surface area contributed by atoms with Gasteiger partial charge in [-0.3, -0.25) is 0 Å². The molecule has 0 amide bonds. The first kappa shape index (κ1) is 6.47. The summed E-state index contributed by atoms with van der Waals surface area (Å²) < 4.78 is 0. The van der Waals surface area contributed by atoms with Crippen LogP contribution in [0.1, 0.15) is 13.8 Å². The number of hydrazone groups is 1. The smallest absolute Gasteiger partial charge is 0.123 e. The Morgan fingerprint density at radius 2 is 1.86 bits per heavy atom. The van der Waals surface area contributed by atoms with Gasteiger partial charge in [0.25, 0.3) is 0 Å². The average Bonchev–Trinajstić information content (AvgIpc) is 1.72. The Morgan fingerprint density at radius 1 is 1.43 bits per heavy atom. The average molecular weight is 100 g/mol. The second-order valence-corrected chi connectivity index (χ2v) is 1.28. The van der Waals surface area contributed by atoms with Crippen LogP contribution in [0.4, 0.5) is 0 Å². The van der Waals surface area contributed by atoms with Gasteiger partial charge in [-0.15, -0.1) is 5.01 Å². The van der Waals surface area contributed by atoms with Crippen LogP contribution in [0, 0.1) is 0 Å². The van der Waals surface area contributed by atoms with Gasteiger partial charge in [0, 0.05) is 0 Å². The molecule has 0 aliphatic carbocycles.